The van der Waals surface area contributed by atoms with E-state index in [1.54, 1.807) is 29.2 Å². The number of alkyl halides is 1. The standard InChI is InChI=1S/C39H42F3N7O4/c1-3-27-30(41)10-8-23-6-4-7-28(32(23)27)34-33(42)35-29(19-43-34)36(45-37(44-35)53-22-39-14-5-15-48(39)20-24(40)18-39)46(2)26-12-16-47(21-26)31(50)11-9-25-13-17-49(25)38(51)52/h4,6-11,19,24-26H,3,5,12-18,20-22H2,1-2H3,(H,51,52)/b11-9+/t24-,25+,26-,39+/m1/s1. The van der Waals surface area contributed by atoms with Crippen molar-refractivity contribution in [1.29, 1.82) is 0 Å². The van der Waals surface area contributed by atoms with Gasteiger partial charge in [0.05, 0.1) is 17.0 Å². The Hall–Kier alpha value is -4.98. The highest BCUT2D eigenvalue weighted by molar-refractivity contribution is 6.01. The summed E-state index contributed by atoms with van der Waals surface area (Å²) >= 11 is 0. The number of aryl methyl sites for hydroxylation is 1. The molecule has 4 aliphatic rings. The van der Waals surface area contributed by atoms with Gasteiger partial charge in [-0.2, -0.15) is 9.97 Å². The lowest BCUT2D eigenvalue weighted by atomic mass is 9.95. The summed E-state index contributed by atoms with van der Waals surface area (Å²) in [7, 11) is 1.83. The summed E-state index contributed by atoms with van der Waals surface area (Å²) in [5.41, 5.74) is 0.450. The predicted octanol–water partition coefficient (Wildman–Crippen LogP) is 5.99. The number of pyridine rings is 1. The van der Waals surface area contributed by atoms with Gasteiger partial charge in [0.15, 0.2) is 5.82 Å². The van der Waals surface area contributed by atoms with Crippen molar-refractivity contribution in [1.82, 2.24) is 29.7 Å². The second-order valence-electron chi connectivity index (χ2n) is 14.7. The van der Waals surface area contributed by atoms with Crippen LogP contribution in [0.15, 0.2) is 48.7 Å². The number of benzene rings is 2. The number of carboxylic acid groups (broad SMARTS) is 1. The Kier molecular flexibility index (Phi) is 9.12. The van der Waals surface area contributed by atoms with Crippen LogP contribution in [0.25, 0.3) is 32.9 Å². The first kappa shape index (κ1) is 35.1. The molecule has 0 radical (unpaired) electrons. The Labute approximate surface area is 305 Å². The van der Waals surface area contributed by atoms with E-state index >= 15 is 8.78 Å². The van der Waals surface area contributed by atoms with Crippen LogP contribution < -0.4 is 9.64 Å². The van der Waals surface area contributed by atoms with Gasteiger partial charge in [0, 0.05) is 63.5 Å². The molecular weight excluding hydrogens is 687 g/mol. The van der Waals surface area contributed by atoms with E-state index in [1.165, 1.54) is 23.2 Å². The summed E-state index contributed by atoms with van der Waals surface area (Å²) in [5, 5.41) is 11.0. The van der Waals surface area contributed by atoms with Crippen molar-refractivity contribution in [2.24, 2.45) is 0 Å². The van der Waals surface area contributed by atoms with E-state index in [4.69, 9.17) is 9.72 Å². The van der Waals surface area contributed by atoms with E-state index in [1.807, 2.05) is 24.9 Å². The second-order valence-corrected chi connectivity index (χ2v) is 14.7. The summed E-state index contributed by atoms with van der Waals surface area (Å²) in [6.45, 7) is 4.43. The molecule has 4 aromatic rings. The van der Waals surface area contributed by atoms with Crippen molar-refractivity contribution in [3.05, 3.63) is 65.9 Å². The molecule has 53 heavy (non-hydrogen) atoms. The van der Waals surface area contributed by atoms with Crippen LogP contribution in [0.4, 0.5) is 23.8 Å². The van der Waals surface area contributed by atoms with Gasteiger partial charge in [-0.1, -0.05) is 37.3 Å². The molecule has 0 bridgehead atoms. The van der Waals surface area contributed by atoms with Gasteiger partial charge in [-0.15, -0.1) is 0 Å². The van der Waals surface area contributed by atoms with Crippen LogP contribution >= 0.6 is 0 Å². The molecule has 2 amide bonds. The molecule has 4 aliphatic heterocycles. The van der Waals surface area contributed by atoms with Crippen molar-refractivity contribution in [3.63, 3.8) is 0 Å². The summed E-state index contributed by atoms with van der Waals surface area (Å²) in [6.07, 6.45) is 6.39. The molecule has 4 atom stereocenters. The number of rotatable bonds is 9. The number of amides is 2. The Balaban J connectivity index is 1.14. The quantitative estimate of drug-likeness (QED) is 0.208. The molecule has 0 saturated carbocycles. The van der Waals surface area contributed by atoms with Crippen molar-refractivity contribution in [2.75, 3.05) is 51.3 Å². The highest BCUT2D eigenvalue weighted by atomic mass is 19.1. The van der Waals surface area contributed by atoms with Gasteiger partial charge in [-0.05, 0) is 61.1 Å². The lowest BCUT2D eigenvalue weighted by Crippen LogP contribution is -2.49. The topological polar surface area (TPSA) is 115 Å². The smallest absolute Gasteiger partial charge is 0.407 e. The van der Waals surface area contributed by atoms with Gasteiger partial charge < -0.3 is 24.5 Å². The monoisotopic (exact) mass is 729 g/mol. The molecule has 1 N–H and O–H groups in total. The first-order chi connectivity index (χ1) is 25.6. The molecule has 0 aliphatic carbocycles. The zero-order chi connectivity index (χ0) is 37.0. The number of likely N-dealkylation sites (tertiary alicyclic amines) is 2. The fourth-order valence-corrected chi connectivity index (χ4v) is 8.74. The number of anilines is 1. The first-order valence-electron chi connectivity index (χ1n) is 18.3. The number of likely N-dealkylation sites (N-methyl/N-ethyl adjacent to an activating group) is 1. The third-order valence-electron chi connectivity index (χ3n) is 11.7. The maximum absolute atomic E-state index is 17.0. The highest BCUT2D eigenvalue weighted by Crippen LogP contribution is 2.41. The number of carbonyl (C=O) groups excluding carboxylic acids is 1. The number of hydrogen-bond acceptors (Lipinski definition) is 8. The number of aromatic nitrogens is 3. The molecule has 2 aromatic carbocycles. The number of nitrogens with zero attached hydrogens (tertiary/aromatic N) is 7. The van der Waals surface area contributed by atoms with Gasteiger partial charge in [-0.3, -0.25) is 14.7 Å². The number of hydrogen-bond donors (Lipinski definition) is 1. The minimum absolute atomic E-state index is 0.0128. The Morgan fingerprint density at radius 3 is 2.74 bits per heavy atom. The summed E-state index contributed by atoms with van der Waals surface area (Å²) in [4.78, 5) is 45.5. The van der Waals surface area contributed by atoms with Gasteiger partial charge >= 0.3 is 12.1 Å². The van der Waals surface area contributed by atoms with E-state index in [9.17, 15) is 19.1 Å². The molecule has 6 heterocycles. The van der Waals surface area contributed by atoms with E-state index in [2.05, 4.69) is 14.9 Å². The molecule has 0 unspecified atom stereocenters. The van der Waals surface area contributed by atoms with Crippen LogP contribution in [0.2, 0.25) is 0 Å². The van der Waals surface area contributed by atoms with Gasteiger partial charge in [0.2, 0.25) is 5.91 Å². The van der Waals surface area contributed by atoms with E-state index in [0.29, 0.717) is 79.6 Å². The number of ether oxygens (including phenoxy) is 1. The maximum Gasteiger partial charge on any atom is 0.407 e. The fourth-order valence-electron chi connectivity index (χ4n) is 8.74. The molecule has 2 aromatic heterocycles. The number of fused-ring (bicyclic) bond motifs is 3. The van der Waals surface area contributed by atoms with E-state index in [0.717, 1.165) is 24.8 Å². The normalized spacial score (nSPS) is 24.4. The summed E-state index contributed by atoms with van der Waals surface area (Å²) in [5.74, 6) is -0.914. The van der Waals surface area contributed by atoms with Crippen LogP contribution in [0.3, 0.4) is 0 Å². The Morgan fingerprint density at radius 2 is 1.96 bits per heavy atom. The third kappa shape index (κ3) is 6.20. The Morgan fingerprint density at radius 1 is 1.11 bits per heavy atom. The average Bonchev–Trinajstić information content (AvgIpc) is 3.85. The Bertz CT molecular complexity index is 2130. The van der Waals surface area contributed by atoms with Crippen LogP contribution in [-0.4, -0.2) is 117 Å². The molecule has 8 rings (SSSR count). The van der Waals surface area contributed by atoms with Crippen molar-refractivity contribution < 1.29 is 32.6 Å². The first-order valence-corrected chi connectivity index (χ1v) is 18.3. The van der Waals surface area contributed by atoms with Crippen molar-refractivity contribution in [2.45, 2.75) is 69.2 Å². The molecule has 4 saturated heterocycles. The van der Waals surface area contributed by atoms with Crippen LogP contribution in [0.5, 0.6) is 6.01 Å². The van der Waals surface area contributed by atoms with Crippen LogP contribution in [-0.2, 0) is 11.2 Å². The molecule has 14 heteroatoms. The number of carbonyl (C=O) groups is 2. The summed E-state index contributed by atoms with van der Waals surface area (Å²) < 4.78 is 52.9. The second kappa shape index (κ2) is 13.8. The zero-order valence-electron chi connectivity index (χ0n) is 29.8. The zero-order valence-corrected chi connectivity index (χ0v) is 29.8. The van der Waals surface area contributed by atoms with Crippen molar-refractivity contribution in [3.8, 4) is 17.3 Å². The van der Waals surface area contributed by atoms with E-state index in [-0.39, 0.29) is 47.6 Å². The molecular formula is C39H42F3N7O4. The van der Waals surface area contributed by atoms with Gasteiger partial charge in [0.25, 0.3) is 0 Å². The van der Waals surface area contributed by atoms with E-state index < -0.39 is 23.6 Å². The maximum atomic E-state index is 17.0. The van der Waals surface area contributed by atoms with Crippen LogP contribution in [0.1, 0.15) is 44.6 Å². The molecule has 278 valence electrons. The average molecular weight is 730 g/mol. The van der Waals surface area contributed by atoms with Gasteiger partial charge in [0.1, 0.15) is 35.6 Å². The van der Waals surface area contributed by atoms with Gasteiger partial charge in [-0.25, -0.2) is 18.0 Å². The van der Waals surface area contributed by atoms with Crippen LogP contribution in [0, 0.1) is 11.6 Å². The largest absolute Gasteiger partial charge is 0.465 e. The number of halogens is 3. The minimum Gasteiger partial charge on any atom is -0.465 e. The minimum atomic E-state index is -1.01. The predicted molar refractivity (Wildman–Crippen MR) is 194 cm³/mol. The lowest BCUT2D eigenvalue weighted by Gasteiger charge is -2.36. The molecule has 11 nitrogen and oxygen atoms in total. The SMILES string of the molecule is CCc1c(F)ccc2cccc(-c3ncc4c(N(C)[C@@H]5CCN(C(=O)/C=C/[C@H]6CCN6C(=O)O)C5)nc(OC[C@@]56CCCN5C[C@H](F)C6)nc4c3F)c12. The lowest BCUT2D eigenvalue weighted by molar-refractivity contribution is -0.125. The van der Waals surface area contributed by atoms with Crippen molar-refractivity contribution >= 4 is 39.5 Å². The highest BCUT2D eigenvalue weighted by Gasteiger charge is 2.49. The molecule has 0 spiro atoms. The fraction of sp³-hybridized carbons (Fsp3) is 0.462. The summed E-state index contributed by atoms with van der Waals surface area (Å²) in [6, 6.07) is 7.92. The third-order valence-corrected chi connectivity index (χ3v) is 11.7. The molecule has 4 fully saturated rings.